The highest BCUT2D eigenvalue weighted by Gasteiger charge is 2.12. The molecule has 5 nitrogen and oxygen atoms in total. The van der Waals surface area contributed by atoms with Gasteiger partial charge in [0.2, 0.25) is 0 Å². The number of aliphatic hydroxyl groups is 1. The van der Waals surface area contributed by atoms with Gasteiger partial charge in [0.1, 0.15) is 0 Å². The second-order valence-electron chi connectivity index (χ2n) is 4.02. The molecule has 0 aromatic rings. The van der Waals surface area contributed by atoms with E-state index in [1.54, 1.807) is 0 Å². The Kier molecular flexibility index (Phi) is 11.4. The first-order valence-corrected chi connectivity index (χ1v) is 6.18. The van der Waals surface area contributed by atoms with E-state index in [0.29, 0.717) is 26.4 Å². The van der Waals surface area contributed by atoms with E-state index in [-0.39, 0.29) is 18.9 Å². The van der Waals surface area contributed by atoms with Crippen molar-refractivity contribution in [2.24, 2.45) is 5.92 Å². The van der Waals surface area contributed by atoms with Crippen molar-refractivity contribution >= 4 is 5.97 Å². The second-order valence-corrected chi connectivity index (χ2v) is 4.02. The van der Waals surface area contributed by atoms with Gasteiger partial charge in [0.25, 0.3) is 0 Å². The second kappa shape index (κ2) is 11.8. The van der Waals surface area contributed by atoms with Crippen molar-refractivity contribution in [3.8, 4) is 0 Å². The van der Waals surface area contributed by atoms with Crippen molar-refractivity contribution in [1.29, 1.82) is 0 Å². The maximum absolute atomic E-state index is 10.6. The molecule has 0 heterocycles. The average Bonchev–Trinajstić information content (AvgIpc) is 2.29. The number of ether oxygens (including phenoxy) is 2. The van der Waals surface area contributed by atoms with Crippen molar-refractivity contribution in [3.05, 3.63) is 0 Å². The van der Waals surface area contributed by atoms with Gasteiger partial charge in [0.15, 0.2) is 0 Å². The SMILES string of the molecule is CCCCC(COCCOCCO)CC(=O)O. The van der Waals surface area contributed by atoms with E-state index in [0.717, 1.165) is 19.3 Å². The predicted molar refractivity (Wildman–Crippen MR) is 64.0 cm³/mol. The monoisotopic (exact) mass is 248 g/mol. The zero-order chi connectivity index (χ0) is 12.9. The molecule has 0 bridgehead atoms. The zero-order valence-electron chi connectivity index (χ0n) is 10.6. The molecule has 0 rings (SSSR count). The van der Waals surface area contributed by atoms with Crippen LogP contribution in [-0.2, 0) is 14.3 Å². The standard InChI is InChI=1S/C12H24O5/c1-2-3-4-11(9-12(14)15)10-17-8-7-16-6-5-13/h11,13H,2-10H2,1H3,(H,14,15). The maximum atomic E-state index is 10.6. The number of carboxylic acids is 1. The Morgan fingerprint density at radius 1 is 1.24 bits per heavy atom. The molecule has 0 aliphatic heterocycles. The summed E-state index contributed by atoms with van der Waals surface area (Å²) < 4.78 is 10.4. The van der Waals surface area contributed by atoms with Gasteiger partial charge in [0.05, 0.1) is 39.5 Å². The molecule has 0 aromatic heterocycles. The van der Waals surface area contributed by atoms with E-state index in [9.17, 15) is 4.79 Å². The van der Waals surface area contributed by atoms with Crippen molar-refractivity contribution in [2.45, 2.75) is 32.6 Å². The molecule has 1 atom stereocenters. The topological polar surface area (TPSA) is 76.0 Å². The third kappa shape index (κ3) is 11.6. The van der Waals surface area contributed by atoms with Crippen LogP contribution in [0.1, 0.15) is 32.6 Å². The van der Waals surface area contributed by atoms with Gasteiger partial charge in [-0.3, -0.25) is 4.79 Å². The van der Waals surface area contributed by atoms with Crippen molar-refractivity contribution in [2.75, 3.05) is 33.0 Å². The van der Waals surface area contributed by atoms with Gasteiger partial charge >= 0.3 is 5.97 Å². The molecule has 0 aliphatic rings. The maximum Gasteiger partial charge on any atom is 0.303 e. The number of aliphatic hydroxyl groups excluding tert-OH is 1. The molecule has 0 aliphatic carbocycles. The number of carboxylic acid groups (broad SMARTS) is 1. The van der Waals surface area contributed by atoms with Crippen molar-refractivity contribution in [3.63, 3.8) is 0 Å². The fourth-order valence-electron chi connectivity index (χ4n) is 1.52. The van der Waals surface area contributed by atoms with Crippen LogP contribution in [0.2, 0.25) is 0 Å². The van der Waals surface area contributed by atoms with Gasteiger partial charge in [-0.05, 0) is 12.3 Å². The van der Waals surface area contributed by atoms with E-state index in [1.807, 2.05) is 0 Å². The Morgan fingerprint density at radius 3 is 2.53 bits per heavy atom. The molecule has 17 heavy (non-hydrogen) atoms. The fourth-order valence-corrected chi connectivity index (χ4v) is 1.52. The Hall–Kier alpha value is -0.650. The van der Waals surface area contributed by atoms with Crippen molar-refractivity contribution < 1.29 is 24.5 Å². The smallest absolute Gasteiger partial charge is 0.303 e. The van der Waals surface area contributed by atoms with E-state index in [2.05, 4.69) is 6.92 Å². The number of rotatable bonds is 12. The molecule has 0 aromatic carbocycles. The van der Waals surface area contributed by atoms with Crippen LogP contribution in [0.4, 0.5) is 0 Å². The van der Waals surface area contributed by atoms with Gasteiger partial charge in [-0.1, -0.05) is 19.8 Å². The summed E-state index contributed by atoms with van der Waals surface area (Å²) in [7, 11) is 0. The highest BCUT2D eigenvalue weighted by atomic mass is 16.5. The highest BCUT2D eigenvalue weighted by Crippen LogP contribution is 2.13. The molecule has 0 saturated heterocycles. The van der Waals surface area contributed by atoms with Crippen LogP contribution in [0.15, 0.2) is 0 Å². The molecule has 0 amide bonds. The molecule has 5 heteroatoms. The molecular weight excluding hydrogens is 224 g/mol. The lowest BCUT2D eigenvalue weighted by atomic mass is 10.00. The first-order valence-electron chi connectivity index (χ1n) is 6.18. The normalized spacial score (nSPS) is 12.6. The van der Waals surface area contributed by atoms with E-state index in [1.165, 1.54) is 0 Å². The summed E-state index contributed by atoms with van der Waals surface area (Å²) in [6.45, 7) is 3.77. The largest absolute Gasteiger partial charge is 0.481 e. The Labute approximate surface area is 103 Å². The Morgan fingerprint density at radius 2 is 1.94 bits per heavy atom. The highest BCUT2D eigenvalue weighted by molar-refractivity contribution is 5.67. The molecule has 2 N–H and O–H groups in total. The number of aliphatic carboxylic acids is 1. The summed E-state index contributed by atoms with van der Waals surface area (Å²) in [5.41, 5.74) is 0. The number of unbranched alkanes of at least 4 members (excludes halogenated alkanes) is 1. The summed E-state index contributed by atoms with van der Waals surface area (Å²) in [5.74, 6) is -0.684. The van der Waals surface area contributed by atoms with Crippen LogP contribution >= 0.6 is 0 Å². The van der Waals surface area contributed by atoms with Crippen LogP contribution < -0.4 is 0 Å². The molecule has 0 fully saturated rings. The predicted octanol–water partition coefficient (Wildman–Crippen LogP) is 1.29. The lowest BCUT2D eigenvalue weighted by Crippen LogP contribution is -2.16. The summed E-state index contributed by atoms with van der Waals surface area (Å²) in [5, 5.41) is 17.2. The zero-order valence-corrected chi connectivity index (χ0v) is 10.6. The first-order chi connectivity index (χ1) is 8.20. The minimum atomic E-state index is -0.772. The van der Waals surface area contributed by atoms with E-state index in [4.69, 9.17) is 19.7 Å². The number of hydrogen-bond donors (Lipinski definition) is 2. The molecule has 102 valence electrons. The number of hydrogen-bond acceptors (Lipinski definition) is 4. The lowest BCUT2D eigenvalue weighted by Gasteiger charge is -2.14. The fraction of sp³-hybridized carbons (Fsp3) is 0.917. The quantitative estimate of drug-likeness (QED) is 0.509. The van der Waals surface area contributed by atoms with Crippen LogP contribution in [0.5, 0.6) is 0 Å². The summed E-state index contributed by atoms with van der Waals surface area (Å²) in [6.07, 6.45) is 3.15. The molecular formula is C12H24O5. The Balaban J connectivity index is 3.56. The van der Waals surface area contributed by atoms with Crippen LogP contribution in [-0.4, -0.2) is 49.2 Å². The van der Waals surface area contributed by atoms with E-state index >= 15 is 0 Å². The minimum Gasteiger partial charge on any atom is -0.481 e. The van der Waals surface area contributed by atoms with Crippen LogP contribution in [0.25, 0.3) is 0 Å². The lowest BCUT2D eigenvalue weighted by molar-refractivity contribution is -0.138. The van der Waals surface area contributed by atoms with Gasteiger partial charge < -0.3 is 19.7 Å². The van der Waals surface area contributed by atoms with Crippen LogP contribution in [0.3, 0.4) is 0 Å². The molecule has 0 saturated carbocycles. The van der Waals surface area contributed by atoms with Gasteiger partial charge in [-0.25, -0.2) is 0 Å². The third-order valence-electron chi connectivity index (χ3n) is 2.39. The molecule has 0 radical (unpaired) electrons. The minimum absolute atomic E-state index is 0.0120. The molecule has 1 unspecified atom stereocenters. The average molecular weight is 248 g/mol. The summed E-state index contributed by atoms with van der Waals surface area (Å²) in [4.78, 5) is 10.6. The van der Waals surface area contributed by atoms with Gasteiger partial charge in [-0.2, -0.15) is 0 Å². The van der Waals surface area contributed by atoms with Gasteiger partial charge in [-0.15, -0.1) is 0 Å². The Bertz CT molecular complexity index is 184. The summed E-state index contributed by atoms with van der Waals surface area (Å²) >= 11 is 0. The first kappa shape index (κ1) is 16.4. The van der Waals surface area contributed by atoms with Gasteiger partial charge in [0, 0.05) is 0 Å². The summed E-state index contributed by atoms with van der Waals surface area (Å²) in [6, 6.07) is 0. The van der Waals surface area contributed by atoms with Crippen LogP contribution in [0, 0.1) is 5.92 Å². The van der Waals surface area contributed by atoms with Crippen molar-refractivity contribution in [1.82, 2.24) is 0 Å². The third-order valence-corrected chi connectivity index (χ3v) is 2.39. The van der Waals surface area contributed by atoms with E-state index < -0.39 is 5.97 Å². The number of carbonyl (C=O) groups is 1. The molecule has 0 spiro atoms.